The lowest BCUT2D eigenvalue weighted by Gasteiger charge is -2.28. The molecule has 8 nitrogen and oxygen atoms in total. The number of carbonyl (C=O) groups is 2. The van der Waals surface area contributed by atoms with E-state index < -0.39 is 12.6 Å². The van der Waals surface area contributed by atoms with Crippen molar-refractivity contribution in [1.82, 2.24) is 9.80 Å². The van der Waals surface area contributed by atoms with Gasteiger partial charge in [-0.2, -0.15) is 0 Å². The summed E-state index contributed by atoms with van der Waals surface area (Å²) >= 11 is 2.97. The molecule has 0 atom stereocenters. The summed E-state index contributed by atoms with van der Waals surface area (Å²) in [6, 6.07) is 7.68. The summed E-state index contributed by atoms with van der Waals surface area (Å²) in [5.74, 6) is -0.470. The first-order valence-corrected chi connectivity index (χ1v) is 14.0. The van der Waals surface area contributed by atoms with Crippen LogP contribution in [0.5, 0.6) is 0 Å². The fourth-order valence-electron chi connectivity index (χ4n) is 4.43. The van der Waals surface area contributed by atoms with E-state index in [4.69, 9.17) is 18.9 Å². The van der Waals surface area contributed by atoms with Gasteiger partial charge in [-0.25, -0.2) is 0 Å². The van der Waals surface area contributed by atoms with E-state index in [2.05, 4.69) is 0 Å². The minimum absolute atomic E-state index is 0.187. The lowest BCUT2D eigenvalue weighted by atomic mass is 10.1. The van der Waals surface area contributed by atoms with Gasteiger partial charge in [0.15, 0.2) is 12.6 Å². The Labute approximate surface area is 219 Å². The summed E-state index contributed by atoms with van der Waals surface area (Å²) in [6.07, 6.45) is -1.20. The van der Waals surface area contributed by atoms with Crippen LogP contribution in [0.3, 0.4) is 0 Å². The summed E-state index contributed by atoms with van der Waals surface area (Å²) < 4.78 is 23.0. The van der Waals surface area contributed by atoms with E-state index in [1.165, 1.54) is 22.7 Å². The van der Waals surface area contributed by atoms with E-state index in [9.17, 15) is 9.59 Å². The summed E-state index contributed by atoms with van der Waals surface area (Å²) in [5, 5.41) is 3.88. The second-order valence-electron chi connectivity index (χ2n) is 7.91. The van der Waals surface area contributed by atoms with Crippen molar-refractivity contribution in [2.45, 2.75) is 40.3 Å². The van der Waals surface area contributed by atoms with Crippen molar-refractivity contribution in [1.29, 1.82) is 0 Å². The number of carbonyl (C=O) groups excluding carboxylic acids is 2. The predicted octanol–water partition coefficient (Wildman–Crippen LogP) is 4.41. The zero-order valence-corrected chi connectivity index (χ0v) is 22.7. The Kier molecular flexibility index (Phi) is 9.10. The van der Waals surface area contributed by atoms with Crippen molar-refractivity contribution in [3.8, 4) is 0 Å². The van der Waals surface area contributed by atoms with Crippen molar-refractivity contribution in [2.75, 3.05) is 39.5 Å². The van der Waals surface area contributed by atoms with Crippen LogP contribution in [0.2, 0.25) is 0 Å². The van der Waals surface area contributed by atoms with Crippen LogP contribution < -0.4 is 0 Å². The van der Waals surface area contributed by atoms with Gasteiger partial charge in [0.2, 0.25) is 0 Å². The number of ether oxygens (including phenoxy) is 4. The highest BCUT2D eigenvalue weighted by Gasteiger charge is 2.50. The molecule has 10 heteroatoms. The maximum atomic E-state index is 14.1. The summed E-state index contributed by atoms with van der Waals surface area (Å²) in [7, 11) is 0. The Hall–Kier alpha value is -2.34. The Bertz CT molecular complexity index is 1010. The van der Waals surface area contributed by atoms with Gasteiger partial charge in [0.1, 0.15) is 0 Å². The fourth-order valence-corrected chi connectivity index (χ4v) is 6.00. The normalized spacial score (nSPS) is 16.1. The van der Waals surface area contributed by atoms with Gasteiger partial charge in [0.05, 0.1) is 45.4 Å². The number of hydrogen-bond acceptors (Lipinski definition) is 8. The molecule has 194 valence electrons. The van der Waals surface area contributed by atoms with Crippen LogP contribution in [0, 0.1) is 0 Å². The number of rotatable bonds is 14. The van der Waals surface area contributed by atoms with Gasteiger partial charge in [0.25, 0.3) is 11.8 Å². The lowest BCUT2D eigenvalue weighted by molar-refractivity contribution is -0.151. The molecule has 2 amide bonds. The molecular weight excluding hydrogens is 500 g/mol. The molecule has 0 bridgehead atoms. The van der Waals surface area contributed by atoms with Gasteiger partial charge < -0.3 is 28.7 Å². The number of amides is 2. The highest BCUT2D eigenvalue weighted by molar-refractivity contribution is 7.11. The van der Waals surface area contributed by atoms with Crippen molar-refractivity contribution in [2.24, 2.45) is 0 Å². The van der Waals surface area contributed by atoms with Crippen molar-refractivity contribution >= 4 is 45.9 Å². The van der Waals surface area contributed by atoms with E-state index in [0.29, 0.717) is 49.0 Å². The van der Waals surface area contributed by atoms with Gasteiger partial charge in [-0.1, -0.05) is 12.1 Å². The third kappa shape index (κ3) is 5.20. The van der Waals surface area contributed by atoms with E-state index in [0.717, 1.165) is 9.75 Å². The molecule has 4 rings (SSSR count). The SMILES string of the molecule is CCOC(CN1C(=O)C2=C(c3cccs3)N(CC(OCC)OCC)C(=O)C2=C1c1cccs1)OCC. The molecule has 2 aliphatic rings. The molecule has 0 fully saturated rings. The minimum Gasteiger partial charge on any atom is -0.351 e. The van der Waals surface area contributed by atoms with Crippen molar-refractivity contribution in [3.05, 3.63) is 55.9 Å². The Morgan fingerprint density at radius 1 is 0.667 bits per heavy atom. The second-order valence-corrected chi connectivity index (χ2v) is 9.81. The third-order valence-corrected chi connectivity index (χ3v) is 7.52. The highest BCUT2D eigenvalue weighted by atomic mass is 32.1. The largest absolute Gasteiger partial charge is 0.351 e. The molecule has 2 aromatic rings. The van der Waals surface area contributed by atoms with E-state index in [1.807, 2.05) is 62.7 Å². The maximum absolute atomic E-state index is 14.1. The van der Waals surface area contributed by atoms with E-state index >= 15 is 0 Å². The van der Waals surface area contributed by atoms with Crippen LogP contribution >= 0.6 is 22.7 Å². The molecule has 0 aromatic carbocycles. The molecule has 0 saturated carbocycles. The second kappa shape index (κ2) is 12.3. The van der Waals surface area contributed by atoms with Gasteiger partial charge in [-0.15, -0.1) is 22.7 Å². The monoisotopic (exact) mass is 532 g/mol. The zero-order chi connectivity index (χ0) is 25.7. The van der Waals surface area contributed by atoms with Crippen LogP contribution in [0.4, 0.5) is 0 Å². The van der Waals surface area contributed by atoms with Crippen LogP contribution in [0.1, 0.15) is 37.4 Å². The molecule has 0 spiro atoms. The molecule has 2 aromatic heterocycles. The zero-order valence-electron chi connectivity index (χ0n) is 21.0. The predicted molar refractivity (Wildman–Crippen MR) is 140 cm³/mol. The molecular formula is C26H32N2O6S2. The van der Waals surface area contributed by atoms with Gasteiger partial charge in [0, 0.05) is 26.4 Å². The molecule has 0 radical (unpaired) electrons. The first kappa shape index (κ1) is 26.7. The van der Waals surface area contributed by atoms with E-state index in [1.54, 1.807) is 9.80 Å². The molecule has 2 aliphatic heterocycles. The van der Waals surface area contributed by atoms with Crippen molar-refractivity contribution < 1.29 is 28.5 Å². The standard InChI is InChI=1S/C26H32N2O6S2/c1-5-31-19(32-6-2)15-27-23(17-11-9-13-35-17)21-22(25(27)29)24(18-12-10-14-36-18)28(26(21)30)16-20(33-7-3)34-8-4/h9-14,19-20H,5-8,15-16H2,1-4H3. The quantitative estimate of drug-likeness (QED) is 0.336. The molecule has 0 N–H and O–H groups in total. The maximum Gasteiger partial charge on any atom is 0.261 e. The minimum atomic E-state index is -0.601. The summed E-state index contributed by atoms with van der Waals surface area (Å²) in [6.45, 7) is 9.71. The van der Waals surface area contributed by atoms with Crippen LogP contribution in [-0.2, 0) is 28.5 Å². The smallest absolute Gasteiger partial charge is 0.261 e. The molecule has 0 aliphatic carbocycles. The molecule has 0 saturated heterocycles. The lowest BCUT2D eigenvalue weighted by Crippen LogP contribution is -2.39. The van der Waals surface area contributed by atoms with Gasteiger partial charge in [-0.3, -0.25) is 9.59 Å². The topological polar surface area (TPSA) is 77.5 Å². The molecule has 4 heterocycles. The average molecular weight is 533 g/mol. The van der Waals surface area contributed by atoms with Gasteiger partial charge >= 0.3 is 0 Å². The first-order chi connectivity index (χ1) is 17.5. The summed E-state index contributed by atoms with van der Waals surface area (Å²) in [4.78, 5) is 33.1. The average Bonchev–Trinajstić information content (AvgIpc) is 3.65. The molecule has 0 unspecified atom stereocenters. The molecule has 36 heavy (non-hydrogen) atoms. The van der Waals surface area contributed by atoms with Crippen LogP contribution in [0.15, 0.2) is 46.2 Å². The Morgan fingerprint density at radius 3 is 1.31 bits per heavy atom. The first-order valence-electron chi connectivity index (χ1n) is 12.2. The Balaban J connectivity index is 1.84. The number of fused-ring (bicyclic) bond motifs is 1. The van der Waals surface area contributed by atoms with Crippen LogP contribution in [0.25, 0.3) is 11.4 Å². The number of hydrogen-bond donors (Lipinski definition) is 0. The highest BCUT2D eigenvalue weighted by Crippen LogP contribution is 2.48. The number of nitrogens with zero attached hydrogens (tertiary/aromatic N) is 2. The van der Waals surface area contributed by atoms with Crippen molar-refractivity contribution in [3.63, 3.8) is 0 Å². The number of thiophene rings is 2. The Morgan fingerprint density at radius 2 is 1.03 bits per heavy atom. The fraction of sp³-hybridized carbons (Fsp3) is 0.462. The van der Waals surface area contributed by atoms with E-state index in [-0.39, 0.29) is 24.9 Å². The van der Waals surface area contributed by atoms with Gasteiger partial charge in [-0.05, 0) is 50.6 Å². The summed E-state index contributed by atoms with van der Waals surface area (Å²) in [5.41, 5.74) is 2.01. The third-order valence-electron chi connectivity index (χ3n) is 5.76. The van der Waals surface area contributed by atoms with Crippen LogP contribution in [-0.4, -0.2) is 73.7 Å².